The molecule has 0 radical (unpaired) electrons. The van der Waals surface area contributed by atoms with Gasteiger partial charge in [0.1, 0.15) is 0 Å². The molecule has 12 heavy (non-hydrogen) atoms. The molecule has 0 aromatic rings. The van der Waals surface area contributed by atoms with E-state index in [9.17, 15) is 4.79 Å². The molecule has 0 rings (SSSR count). The molecule has 2 heteroatoms. The Kier molecular flexibility index (Phi) is 3.65. The molecule has 1 atom stereocenters. The van der Waals surface area contributed by atoms with Gasteiger partial charge in [-0.2, -0.15) is 0 Å². The van der Waals surface area contributed by atoms with Gasteiger partial charge in [-0.1, -0.05) is 13.5 Å². The van der Waals surface area contributed by atoms with Crippen molar-refractivity contribution in [1.82, 2.24) is 0 Å². The quantitative estimate of drug-likeness (QED) is 0.653. The van der Waals surface area contributed by atoms with Crippen LogP contribution in [0.1, 0.15) is 34.1 Å². The van der Waals surface area contributed by atoms with Gasteiger partial charge in [0, 0.05) is 11.5 Å². The van der Waals surface area contributed by atoms with Crippen LogP contribution in [0.25, 0.3) is 0 Å². The average Bonchev–Trinajstić information content (AvgIpc) is 1.82. The molecule has 2 nitrogen and oxygen atoms in total. The van der Waals surface area contributed by atoms with Crippen LogP contribution < -0.4 is 5.73 Å². The summed E-state index contributed by atoms with van der Waals surface area (Å²) in [4.78, 5) is 11.4. The highest BCUT2D eigenvalue weighted by Gasteiger charge is 2.21. The molecular formula is C10H19NO. The van der Waals surface area contributed by atoms with Crippen LogP contribution in [0.2, 0.25) is 0 Å². The number of carbonyl (C=O) groups is 1. The molecule has 0 spiro atoms. The maximum absolute atomic E-state index is 11.4. The van der Waals surface area contributed by atoms with Crippen molar-refractivity contribution in [3.63, 3.8) is 0 Å². The summed E-state index contributed by atoms with van der Waals surface area (Å²) in [5.74, 6) is 0.107. The highest BCUT2D eigenvalue weighted by atomic mass is 16.1. The Morgan fingerprint density at radius 1 is 1.58 bits per heavy atom. The number of ketones is 1. The molecule has 0 fully saturated rings. The van der Waals surface area contributed by atoms with E-state index < -0.39 is 0 Å². The van der Waals surface area contributed by atoms with Crippen LogP contribution in [-0.2, 0) is 4.79 Å². The van der Waals surface area contributed by atoms with Gasteiger partial charge >= 0.3 is 0 Å². The summed E-state index contributed by atoms with van der Waals surface area (Å²) in [5, 5.41) is 0. The van der Waals surface area contributed by atoms with Gasteiger partial charge in [0.25, 0.3) is 0 Å². The number of rotatable bonds is 4. The molecule has 0 saturated carbocycles. The van der Waals surface area contributed by atoms with Crippen molar-refractivity contribution in [2.45, 2.75) is 39.7 Å². The zero-order valence-corrected chi connectivity index (χ0v) is 8.48. The monoisotopic (exact) mass is 169 g/mol. The Morgan fingerprint density at radius 3 is 2.25 bits per heavy atom. The van der Waals surface area contributed by atoms with Gasteiger partial charge in [-0.15, -0.1) is 0 Å². The second-order valence-electron chi connectivity index (χ2n) is 4.24. The SMILES string of the molecule is C=C(C)C(=O)C(C)CC(C)(C)N. The van der Waals surface area contributed by atoms with Gasteiger partial charge in [-0.05, 0) is 32.8 Å². The summed E-state index contributed by atoms with van der Waals surface area (Å²) in [5.41, 5.74) is 6.14. The molecule has 0 heterocycles. The van der Waals surface area contributed by atoms with E-state index in [1.165, 1.54) is 0 Å². The first-order chi connectivity index (χ1) is 5.24. The number of allylic oxidation sites excluding steroid dienone is 1. The minimum absolute atomic E-state index is 0.0116. The summed E-state index contributed by atoms with van der Waals surface area (Å²) >= 11 is 0. The normalized spacial score (nSPS) is 14.1. The van der Waals surface area contributed by atoms with E-state index in [1.54, 1.807) is 6.92 Å². The molecule has 0 aromatic heterocycles. The molecule has 0 aliphatic rings. The van der Waals surface area contributed by atoms with E-state index in [1.807, 2.05) is 20.8 Å². The Hall–Kier alpha value is -0.630. The largest absolute Gasteiger partial charge is 0.326 e. The number of carbonyl (C=O) groups excluding carboxylic acids is 1. The lowest BCUT2D eigenvalue weighted by molar-refractivity contribution is -0.119. The standard InChI is InChI=1S/C10H19NO/c1-7(2)9(12)8(3)6-10(4,5)11/h8H,1,6,11H2,2-5H3. The summed E-state index contributed by atoms with van der Waals surface area (Å²) in [6.45, 7) is 11.1. The maximum atomic E-state index is 11.4. The van der Waals surface area contributed by atoms with Gasteiger partial charge in [0.15, 0.2) is 5.78 Å². The molecule has 0 amide bonds. The maximum Gasteiger partial charge on any atom is 0.160 e. The van der Waals surface area contributed by atoms with E-state index in [0.29, 0.717) is 12.0 Å². The summed E-state index contributed by atoms with van der Waals surface area (Å²) in [6, 6.07) is 0. The van der Waals surface area contributed by atoms with Gasteiger partial charge in [0.2, 0.25) is 0 Å². The molecule has 1 unspecified atom stereocenters. The Morgan fingerprint density at radius 2 is 2.00 bits per heavy atom. The van der Waals surface area contributed by atoms with Crippen molar-refractivity contribution in [3.05, 3.63) is 12.2 Å². The molecule has 0 aliphatic carbocycles. The van der Waals surface area contributed by atoms with Gasteiger partial charge in [0.05, 0.1) is 0 Å². The minimum Gasteiger partial charge on any atom is -0.326 e. The first kappa shape index (κ1) is 11.4. The zero-order valence-electron chi connectivity index (χ0n) is 8.48. The summed E-state index contributed by atoms with van der Waals surface area (Å²) < 4.78 is 0. The van der Waals surface area contributed by atoms with Crippen LogP contribution in [0.4, 0.5) is 0 Å². The van der Waals surface area contributed by atoms with Gasteiger partial charge < -0.3 is 5.73 Å². The van der Waals surface area contributed by atoms with Crippen molar-refractivity contribution in [1.29, 1.82) is 0 Å². The third-order valence-corrected chi connectivity index (χ3v) is 1.70. The van der Waals surface area contributed by atoms with Crippen LogP contribution >= 0.6 is 0 Å². The molecule has 0 saturated heterocycles. The Balaban J connectivity index is 4.14. The number of hydrogen-bond acceptors (Lipinski definition) is 2. The smallest absolute Gasteiger partial charge is 0.160 e. The van der Waals surface area contributed by atoms with Crippen LogP contribution in [0.15, 0.2) is 12.2 Å². The molecule has 0 aromatic carbocycles. The third-order valence-electron chi connectivity index (χ3n) is 1.70. The number of hydrogen-bond donors (Lipinski definition) is 1. The van der Waals surface area contributed by atoms with Crippen LogP contribution in [0.3, 0.4) is 0 Å². The zero-order chi connectivity index (χ0) is 9.94. The van der Waals surface area contributed by atoms with E-state index in [-0.39, 0.29) is 17.2 Å². The summed E-state index contributed by atoms with van der Waals surface area (Å²) in [7, 11) is 0. The van der Waals surface area contributed by atoms with Crippen molar-refractivity contribution >= 4 is 5.78 Å². The predicted molar refractivity (Wildman–Crippen MR) is 51.9 cm³/mol. The average molecular weight is 169 g/mol. The topological polar surface area (TPSA) is 43.1 Å². The Labute approximate surface area is 74.8 Å². The van der Waals surface area contributed by atoms with Crippen molar-refractivity contribution in [2.24, 2.45) is 11.7 Å². The van der Waals surface area contributed by atoms with Crippen LogP contribution in [0.5, 0.6) is 0 Å². The van der Waals surface area contributed by atoms with E-state index in [2.05, 4.69) is 6.58 Å². The van der Waals surface area contributed by atoms with E-state index in [0.717, 1.165) is 0 Å². The predicted octanol–water partition coefficient (Wildman–Crippen LogP) is 1.90. The lowest BCUT2D eigenvalue weighted by Gasteiger charge is -2.22. The minimum atomic E-state index is -0.273. The first-order valence-electron chi connectivity index (χ1n) is 4.22. The Bertz CT molecular complexity index is 189. The molecule has 70 valence electrons. The molecule has 2 N–H and O–H groups in total. The van der Waals surface area contributed by atoms with Crippen LogP contribution in [0, 0.1) is 5.92 Å². The van der Waals surface area contributed by atoms with Crippen LogP contribution in [-0.4, -0.2) is 11.3 Å². The molecular weight excluding hydrogens is 150 g/mol. The molecule has 0 aliphatic heterocycles. The third kappa shape index (κ3) is 4.29. The van der Waals surface area contributed by atoms with Gasteiger partial charge in [-0.3, -0.25) is 4.79 Å². The second kappa shape index (κ2) is 3.85. The van der Waals surface area contributed by atoms with Gasteiger partial charge in [-0.25, -0.2) is 0 Å². The lowest BCUT2D eigenvalue weighted by atomic mass is 9.88. The van der Waals surface area contributed by atoms with E-state index >= 15 is 0 Å². The lowest BCUT2D eigenvalue weighted by Crippen LogP contribution is -2.35. The highest BCUT2D eigenvalue weighted by molar-refractivity contribution is 5.95. The second-order valence-corrected chi connectivity index (χ2v) is 4.24. The number of nitrogens with two attached hydrogens (primary N) is 1. The number of Topliss-reactive ketones (excluding diaryl/α,β-unsaturated/α-hetero) is 1. The molecule has 0 bridgehead atoms. The first-order valence-corrected chi connectivity index (χ1v) is 4.22. The fourth-order valence-corrected chi connectivity index (χ4v) is 1.30. The fourth-order valence-electron chi connectivity index (χ4n) is 1.30. The fraction of sp³-hybridized carbons (Fsp3) is 0.700. The highest BCUT2D eigenvalue weighted by Crippen LogP contribution is 2.16. The van der Waals surface area contributed by atoms with Crippen molar-refractivity contribution in [3.8, 4) is 0 Å². The summed E-state index contributed by atoms with van der Waals surface area (Å²) in [6.07, 6.45) is 0.707. The van der Waals surface area contributed by atoms with Crippen molar-refractivity contribution in [2.75, 3.05) is 0 Å². The van der Waals surface area contributed by atoms with E-state index in [4.69, 9.17) is 5.73 Å². The van der Waals surface area contributed by atoms with Crippen molar-refractivity contribution < 1.29 is 4.79 Å².